The van der Waals surface area contributed by atoms with E-state index in [2.05, 4.69) is 15.3 Å². The van der Waals surface area contributed by atoms with Crippen LogP contribution in [0.1, 0.15) is 29.6 Å². The highest BCUT2D eigenvalue weighted by Gasteiger charge is 2.29. The fourth-order valence-corrected chi connectivity index (χ4v) is 2.94. The summed E-state index contributed by atoms with van der Waals surface area (Å²) in [5.74, 6) is -0.145. The molecule has 1 aromatic heterocycles. The number of rotatable bonds is 4. The summed E-state index contributed by atoms with van der Waals surface area (Å²) in [6.07, 6.45) is 6.12. The largest absolute Gasteiger partial charge is 0.379 e. The van der Waals surface area contributed by atoms with Crippen molar-refractivity contribution < 1.29 is 9.53 Å². The first-order valence-corrected chi connectivity index (χ1v) is 7.48. The van der Waals surface area contributed by atoms with Crippen molar-refractivity contribution in [2.45, 2.75) is 31.4 Å². The van der Waals surface area contributed by atoms with Crippen molar-refractivity contribution >= 4 is 5.91 Å². The molecule has 1 aliphatic rings. The second-order valence-electron chi connectivity index (χ2n) is 5.44. The molecule has 2 atom stereocenters. The Labute approximate surface area is 129 Å². The predicted octanol–water partition coefficient (Wildman–Crippen LogP) is 2.44. The number of hydrogen-bond acceptors (Lipinski definition) is 4. The Hall–Kier alpha value is -2.27. The second kappa shape index (κ2) is 6.66. The van der Waals surface area contributed by atoms with Crippen molar-refractivity contribution in [3.8, 4) is 11.3 Å². The quantitative estimate of drug-likeness (QED) is 0.941. The third-order valence-corrected chi connectivity index (χ3v) is 4.08. The number of nitrogens with one attached hydrogen (secondary N) is 1. The van der Waals surface area contributed by atoms with Gasteiger partial charge < -0.3 is 10.1 Å². The number of carbonyl (C=O) groups is 1. The normalized spacial score (nSPS) is 20.8. The minimum atomic E-state index is -0.145. The number of amides is 1. The molecule has 1 aromatic carbocycles. The van der Waals surface area contributed by atoms with Crippen LogP contribution in [0, 0.1) is 0 Å². The Kier molecular flexibility index (Phi) is 4.44. The van der Waals surface area contributed by atoms with Crippen LogP contribution in [0.5, 0.6) is 0 Å². The first kappa shape index (κ1) is 14.7. The van der Waals surface area contributed by atoms with E-state index >= 15 is 0 Å². The van der Waals surface area contributed by atoms with Gasteiger partial charge in [-0.1, -0.05) is 30.3 Å². The van der Waals surface area contributed by atoms with Crippen LogP contribution in [0.4, 0.5) is 0 Å². The smallest absolute Gasteiger partial charge is 0.255 e. The minimum absolute atomic E-state index is 0.0568. The number of nitrogens with zero attached hydrogens (tertiary/aromatic N) is 2. The molecular formula is C17H19N3O2. The highest BCUT2D eigenvalue weighted by atomic mass is 16.5. The Morgan fingerprint density at radius 1 is 1.27 bits per heavy atom. The van der Waals surface area contributed by atoms with Gasteiger partial charge in [0, 0.05) is 18.9 Å². The van der Waals surface area contributed by atoms with Crippen LogP contribution in [-0.2, 0) is 4.74 Å². The molecule has 0 spiro atoms. The monoisotopic (exact) mass is 297 g/mol. The predicted molar refractivity (Wildman–Crippen MR) is 83.4 cm³/mol. The molecule has 0 aliphatic heterocycles. The number of carbonyl (C=O) groups excluding carboxylic acids is 1. The summed E-state index contributed by atoms with van der Waals surface area (Å²) in [6.45, 7) is 0. The molecule has 1 amide bonds. The minimum Gasteiger partial charge on any atom is -0.379 e. The molecule has 114 valence electrons. The molecule has 3 rings (SSSR count). The maximum Gasteiger partial charge on any atom is 0.255 e. The molecule has 1 N–H and O–H groups in total. The fourth-order valence-electron chi connectivity index (χ4n) is 2.94. The number of benzene rings is 1. The summed E-state index contributed by atoms with van der Waals surface area (Å²) in [7, 11) is 1.69. The summed E-state index contributed by atoms with van der Waals surface area (Å²) >= 11 is 0. The van der Waals surface area contributed by atoms with E-state index in [1.165, 1.54) is 6.33 Å². The molecule has 5 nitrogen and oxygen atoms in total. The molecule has 22 heavy (non-hydrogen) atoms. The van der Waals surface area contributed by atoms with Crippen molar-refractivity contribution in [2.24, 2.45) is 0 Å². The summed E-state index contributed by atoms with van der Waals surface area (Å²) in [4.78, 5) is 20.9. The maximum atomic E-state index is 12.6. The highest BCUT2D eigenvalue weighted by Crippen LogP contribution is 2.24. The van der Waals surface area contributed by atoms with E-state index in [9.17, 15) is 4.79 Å². The van der Waals surface area contributed by atoms with E-state index in [0.717, 1.165) is 24.8 Å². The van der Waals surface area contributed by atoms with Crippen LogP contribution in [-0.4, -0.2) is 35.1 Å². The van der Waals surface area contributed by atoms with E-state index in [1.54, 1.807) is 13.3 Å². The van der Waals surface area contributed by atoms with Crippen LogP contribution < -0.4 is 5.32 Å². The molecule has 1 heterocycles. The number of ether oxygens (including phenoxy) is 1. The maximum absolute atomic E-state index is 12.6. The zero-order chi connectivity index (χ0) is 15.4. The lowest BCUT2D eigenvalue weighted by Gasteiger charge is -2.20. The third-order valence-electron chi connectivity index (χ3n) is 4.08. The highest BCUT2D eigenvalue weighted by molar-refractivity contribution is 5.99. The SMILES string of the molecule is COC1CCCC1NC(=O)c1cncnc1-c1ccccc1. The van der Waals surface area contributed by atoms with Gasteiger partial charge in [-0.3, -0.25) is 4.79 Å². The van der Waals surface area contributed by atoms with E-state index in [4.69, 9.17) is 4.74 Å². The van der Waals surface area contributed by atoms with Gasteiger partial charge in [-0.2, -0.15) is 0 Å². The van der Waals surface area contributed by atoms with Gasteiger partial charge in [0.05, 0.1) is 23.4 Å². The second-order valence-corrected chi connectivity index (χ2v) is 5.44. The van der Waals surface area contributed by atoms with Crippen molar-refractivity contribution in [3.63, 3.8) is 0 Å². The zero-order valence-electron chi connectivity index (χ0n) is 12.5. The van der Waals surface area contributed by atoms with Gasteiger partial charge >= 0.3 is 0 Å². The van der Waals surface area contributed by atoms with Crippen LogP contribution in [0.15, 0.2) is 42.9 Å². The molecular weight excluding hydrogens is 278 g/mol. The molecule has 5 heteroatoms. The fraction of sp³-hybridized carbons (Fsp3) is 0.353. The van der Waals surface area contributed by atoms with Gasteiger partial charge in [0.25, 0.3) is 5.91 Å². The zero-order valence-corrected chi connectivity index (χ0v) is 12.5. The third kappa shape index (κ3) is 2.99. The molecule has 0 radical (unpaired) electrons. The van der Waals surface area contributed by atoms with Gasteiger partial charge in [0.1, 0.15) is 6.33 Å². The average Bonchev–Trinajstić information content (AvgIpc) is 3.03. The Morgan fingerprint density at radius 3 is 2.86 bits per heavy atom. The first-order valence-electron chi connectivity index (χ1n) is 7.48. The molecule has 1 saturated carbocycles. The molecule has 0 saturated heterocycles. The van der Waals surface area contributed by atoms with Crippen molar-refractivity contribution in [1.29, 1.82) is 0 Å². The average molecular weight is 297 g/mol. The van der Waals surface area contributed by atoms with E-state index in [0.29, 0.717) is 11.3 Å². The first-order chi connectivity index (χ1) is 10.8. The van der Waals surface area contributed by atoms with Gasteiger partial charge in [-0.15, -0.1) is 0 Å². The summed E-state index contributed by atoms with van der Waals surface area (Å²) in [5, 5.41) is 3.06. The van der Waals surface area contributed by atoms with Crippen molar-refractivity contribution in [2.75, 3.05) is 7.11 Å². The molecule has 0 bridgehead atoms. The van der Waals surface area contributed by atoms with Gasteiger partial charge in [-0.05, 0) is 19.3 Å². The van der Waals surface area contributed by atoms with Gasteiger partial charge in [0.2, 0.25) is 0 Å². The van der Waals surface area contributed by atoms with E-state index < -0.39 is 0 Å². The Bertz CT molecular complexity index is 645. The van der Waals surface area contributed by atoms with Crippen LogP contribution in [0.2, 0.25) is 0 Å². The number of methoxy groups -OCH3 is 1. The van der Waals surface area contributed by atoms with Crippen LogP contribution in [0.3, 0.4) is 0 Å². The lowest BCUT2D eigenvalue weighted by molar-refractivity contribution is 0.0722. The summed E-state index contributed by atoms with van der Waals surface area (Å²) in [6, 6.07) is 9.72. The lowest BCUT2D eigenvalue weighted by Crippen LogP contribution is -2.41. The molecule has 2 unspecified atom stereocenters. The lowest BCUT2D eigenvalue weighted by atomic mass is 10.1. The Balaban J connectivity index is 1.84. The van der Waals surface area contributed by atoms with Crippen LogP contribution in [0.25, 0.3) is 11.3 Å². The van der Waals surface area contributed by atoms with E-state index in [-0.39, 0.29) is 18.1 Å². The Morgan fingerprint density at radius 2 is 2.09 bits per heavy atom. The summed E-state index contributed by atoms with van der Waals surface area (Å²) < 4.78 is 5.43. The standard InChI is InChI=1S/C17H19N3O2/c1-22-15-9-5-8-14(15)20-17(21)13-10-18-11-19-16(13)12-6-3-2-4-7-12/h2-4,6-7,10-11,14-15H,5,8-9H2,1H3,(H,20,21). The molecule has 1 fully saturated rings. The van der Waals surface area contributed by atoms with Gasteiger partial charge in [-0.25, -0.2) is 9.97 Å². The number of aromatic nitrogens is 2. The van der Waals surface area contributed by atoms with Gasteiger partial charge in [0.15, 0.2) is 0 Å². The van der Waals surface area contributed by atoms with Crippen molar-refractivity contribution in [3.05, 3.63) is 48.4 Å². The summed E-state index contributed by atoms with van der Waals surface area (Å²) in [5.41, 5.74) is 2.06. The topological polar surface area (TPSA) is 64.1 Å². The molecule has 1 aliphatic carbocycles. The molecule has 2 aromatic rings. The van der Waals surface area contributed by atoms with Crippen molar-refractivity contribution in [1.82, 2.24) is 15.3 Å². The van der Waals surface area contributed by atoms with E-state index in [1.807, 2.05) is 30.3 Å². The van der Waals surface area contributed by atoms with Crippen LogP contribution >= 0.6 is 0 Å². The number of hydrogen-bond donors (Lipinski definition) is 1.